The van der Waals surface area contributed by atoms with Gasteiger partial charge in [-0.3, -0.25) is 0 Å². The predicted octanol–water partition coefficient (Wildman–Crippen LogP) is 3.48. The van der Waals surface area contributed by atoms with Crippen LogP contribution >= 0.6 is 11.3 Å². The number of rotatable bonds is 8. The van der Waals surface area contributed by atoms with E-state index >= 15 is 0 Å². The molecule has 96 valence electrons. The van der Waals surface area contributed by atoms with Gasteiger partial charge in [-0.2, -0.15) is 0 Å². The van der Waals surface area contributed by atoms with Crippen molar-refractivity contribution in [1.29, 1.82) is 0 Å². The third kappa shape index (κ3) is 4.41. The van der Waals surface area contributed by atoms with Crippen molar-refractivity contribution in [3.63, 3.8) is 0 Å². The van der Waals surface area contributed by atoms with Crippen molar-refractivity contribution < 1.29 is 4.74 Å². The Morgan fingerprint density at radius 1 is 1.47 bits per heavy atom. The molecular weight excluding hydrogens is 230 g/mol. The maximum atomic E-state index is 5.76. The van der Waals surface area contributed by atoms with Crippen LogP contribution in [0.5, 0.6) is 0 Å². The summed E-state index contributed by atoms with van der Waals surface area (Å²) in [5.74, 6) is 0.975. The van der Waals surface area contributed by atoms with Gasteiger partial charge in [0.2, 0.25) is 0 Å². The number of nitrogens with one attached hydrogen (secondary N) is 1. The minimum absolute atomic E-state index is 0.793. The molecule has 1 fully saturated rings. The van der Waals surface area contributed by atoms with Crippen molar-refractivity contribution in [3.05, 3.63) is 21.4 Å². The summed E-state index contributed by atoms with van der Waals surface area (Å²) in [6.45, 7) is 8.08. The second-order valence-corrected chi connectivity index (χ2v) is 6.20. The maximum absolute atomic E-state index is 5.76. The van der Waals surface area contributed by atoms with Crippen molar-refractivity contribution in [3.8, 4) is 0 Å². The average Bonchev–Trinajstić information content (AvgIpc) is 3.07. The van der Waals surface area contributed by atoms with Crippen LogP contribution in [0, 0.1) is 12.8 Å². The van der Waals surface area contributed by atoms with E-state index in [1.807, 2.05) is 11.3 Å². The summed E-state index contributed by atoms with van der Waals surface area (Å²) in [4.78, 5) is 2.83. The van der Waals surface area contributed by atoms with Crippen LogP contribution in [0.25, 0.3) is 0 Å². The minimum Gasteiger partial charge on any atom is -0.377 e. The quantitative estimate of drug-likeness (QED) is 0.716. The zero-order valence-corrected chi connectivity index (χ0v) is 11.7. The number of hydrogen-bond acceptors (Lipinski definition) is 3. The molecule has 0 spiro atoms. The van der Waals surface area contributed by atoms with Crippen molar-refractivity contribution in [2.75, 3.05) is 13.2 Å². The molecule has 1 aliphatic rings. The van der Waals surface area contributed by atoms with Gasteiger partial charge in [-0.05, 0) is 37.4 Å². The Morgan fingerprint density at radius 2 is 2.29 bits per heavy atom. The summed E-state index contributed by atoms with van der Waals surface area (Å²) in [5.41, 5.74) is 1.37. The molecule has 2 nitrogen and oxygen atoms in total. The van der Waals surface area contributed by atoms with E-state index in [2.05, 4.69) is 25.2 Å². The van der Waals surface area contributed by atoms with Gasteiger partial charge in [-0.1, -0.05) is 19.8 Å². The number of hydrogen-bond donors (Lipinski definition) is 1. The van der Waals surface area contributed by atoms with E-state index in [9.17, 15) is 0 Å². The first-order chi connectivity index (χ1) is 8.29. The van der Waals surface area contributed by atoms with Gasteiger partial charge in [0.15, 0.2) is 0 Å². The van der Waals surface area contributed by atoms with Gasteiger partial charge < -0.3 is 10.1 Å². The van der Waals surface area contributed by atoms with E-state index in [1.54, 1.807) is 0 Å². The highest BCUT2D eigenvalue weighted by Gasteiger charge is 2.20. The summed E-state index contributed by atoms with van der Waals surface area (Å²) >= 11 is 1.89. The Labute approximate surface area is 108 Å². The lowest BCUT2D eigenvalue weighted by atomic mass is 10.2. The third-order valence-electron chi connectivity index (χ3n) is 3.25. The highest BCUT2D eigenvalue weighted by molar-refractivity contribution is 7.12. The van der Waals surface area contributed by atoms with E-state index in [4.69, 9.17) is 4.74 Å². The monoisotopic (exact) mass is 253 g/mol. The lowest BCUT2D eigenvalue weighted by molar-refractivity contribution is 0.115. The molecule has 1 aromatic heterocycles. The SMILES string of the molecule is CCNCc1cc(COCCC2CC2)c(C)s1. The van der Waals surface area contributed by atoms with Gasteiger partial charge in [0, 0.05) is 22.9 Å². The normalized spacial score (nSPS) is 15.4. The molecule has 0 radical (unpaired) electrons. The van der Waals surface area contributed by atoms with Gasteiger partial charge in [0.05, 0.1) is 6.61 Å². The molecular formula is C14H23NOS. The van der Waals surface area contributed by atoms with Crippen LogP contribution in [0.15, 0.2) is 6.07 Å². The average molecular weight is 253 g/mol. The van der Waals surface area contributed by atoms with Gasteiger partial charge in [0.1, 0.15) is 0 Å². The maximum Gasteiger partial charge on any atom is 0.0727 e. The Kier molecular flexibility index (Phi) is 5.01. The third-order valence-corrected chi connectivity index (χ3v) is 4.34. The summed E-state index contributed by atoms with van der Waals surface area (Å²) in [6, 6.07) is 2.29. The van der Waals surface area contributed by atoms with Crippen molar-refractivity contribution >= 4 is 11.3 Å². The molecule has 0 aromatic carbocycles. The fourth-order valence-corrected chi connectivity index (χ4v) is 2.92. The Hall–Kier alpha value is -0.380. The first kappa shape index (κ1) is 13.1. The van der Waals surface area contributed by atoms with E-state index in [-0.39, 0.29) is 0 Å². The molecule has 0 aliphatic heterocycles. The van der Waals surface area contributed by atoms with Crippen LogP contribution in [0.3, 0.4) is 0 Å². The van der Waals surface area contributed by atoms with Crippen molar-refractivity contribution in [2.45, 2.75) is 46.3 Å². The predicted molar refractivity (Wildman–Crippen MR) is 73.4 cm³/mol. The number of aryl methyl sites for hydroxylation is 1. The standard InChI is InChI=1S/C14H23NOS/c1-3-15-9-14-8-13(11(2)17-14)10-16-7-6-12-4-5-12/h8,12,15H,3-7,9-10H2,1-2H3. The number of ether oxygens (including phenoxy) is 1. The highest BCUT2D eigenvalue weighted by Crippen LogP contribution is 2.32. The van der Waals surface area contributed by atoms with Crippen LogP contribution in [0.1, 0.15) is 41.5 Å². The topological polar surface area (TPSA) is 21.3 Å². The highest BCUT2D eigenvalue weighted by atomic mass is 32.1. The van der Waals surface area contributed by atoms with Gasteiger partial charge in [0.25, 0.3) is 0 Å². The first-order valence-corrected chi connectivity index (χ1v) is 7.48. The second kappa shape index (κ2) is 6.53. The van der Waals surface area contributed by atoms with E-state index in [0.29, 0.717) is 0 Å². The Balaban J connectivity index is 1.72. The van der Waals surface area contributed by atoms with E-state index in [0.717, 1.165) is 32.2 Å². The molecule has 1 saturated carbocycles. The molecule has 0 amide bonds. The molecule has 0 saturated heterocycles. The lowest BCUT2D eigenvalue weighted by Gasteiger charge is -2.02. The minimum atomic E-state index is 0.793. The molecule has 0 bridgehead atoms. The Bertz CT molecular complexity index is 344. The number of thiophene rings is 1. The molecule has 0 unspecified atom stereocenters. The van der Waals surface area contributed by atoms with Gasteiger partial charge >= 0.3 is 0 Å². The van der Waals surface area contributed by atoms with Gasteiger partial charge in [-0.15, -0.1) is 11.3 Å². The van der Waals surface area contributed by atoms with Crippen molar-refractivity contribution in [1.82, 2.24) is 5.32 Å². The first-order valence-electron chi connectivity index (χ1n) is 6.66. The van der Waals surface area contributed by atoms with Gasteiger partial charge in [-0.25, -0.2) is 0 Å². The fourth-order valence-electron chi connectivity index (χ4n) is 1.90. The molecule has 1 aliphatic carbocycles. The molecule has 2 rings (SSSR count). The van der Waals surface area contributed by atoms with Crippen LogP contribution in [-0.4, -0.2) is 13.2 Å². The zero-order chi connectivity index (χ0) is 12.1. The van der Waals surface area contributed by atoms with Crippen LogP contribution in [-0.2, 0) is 17.9 Å². The molecule has 1 heterocycles. The van der Waals surface area contributed by atoms with Crippen molar-refractivity contribution in [2.24, 2.45) is 5.92 Å². The van der Waals surface area contributed by atoms with Crippen LogP contribution in [0.4, 0.5) is 0 Å². The zero-order valence-electron chi connectivity index (χ0n) is 10.9. The molecule has 1 N–H and O–H groups in total. The summed E-state index contributed by atoms with van der Waals surface area (Å²) < 4.78 is 5.76. The lowest BCUT2D eigenvalue weighted by Crippen LogP contribution is -2.10. The molecule has 1 aromatic rings. The fraction of sp³-hybridized carbons (Fsp3) is 0.714. The Morgan fingerprint density at radius 3 is 3.00 bits per heavy atom. The second-order valence-electron chi connectivity index (χ2n) is 4.86. The smallest absolute Gasteiger partial charge is 0.0727 e. The summed E-state index contributed by atoms with van der Waals surface area (Å²) in [7, 11) is 0. The van der Waals surface area contributed by atoms with E-state index in [1.165, 1.54) is 34.6 Å². The molecule has 0 atom stereocenters. The molecule has 3 heteroatoms. The van der Waals surface area contributed by atoms with Crippen LogP contribution in [0.2, 0.25) is 0 Å². The summed E-state index contributed by atoms with van der Waals surface area (Å²) in [5, 5.41) is 3.37. The molecule has 17 heavy (non-hydrogen) atoms. The van der Waals surface area contributed by atoms with E-state index < -0.39 is 0 Å². The summed E-state index contributed by atoms with van der Waals surface area (Å²) in [6.07, 6.45) is 4.11. The van der Waals surface area contributed by atoms with Crippen LogP contribution < -0.4 is 5.32 Å². The largest absolute Gasteiger partial charge is 0.377 e.